The van der Waals surface area contributed by atoms with Gasteiger partial charge in [0.1, 0.15) is 0 Å². The highest BCUT2D eigenvalue weighted by atomic mass is 35.5. The minimum Gasteiger partial charge on any atom is -0.375 e. The van der Waals surface area contributed by atoms with Crippen molar-refractivity contribution < 1.29 is 4.79 Å². The molecule has 0 spiro atoms. The SMILES string of the molecule is CCC(C)C(N)C(=O)NCCCN(C)c1ccccc1.Cl. The molecule has 0 radical (unpaired) electrons. The van der Waals surface area contributed by atoms with Crippen LogP contribution in [0.1, 0.15) is 26.7 Å². The molecule has 2 atom stereocenters. The number of carbonyl (C=O) groups excluding carboxylic acids is 1. The maximum absolute atomic E-state index is 11.8. The van der Waals surface area contributed by atoms with Crippen molar-refractivity contribution in [3.8, 4) is 0 Å². The van der Waals surface area contributed by atoms with Crippen LogP contribution in [-0.4, -0.2) is 32.1 Å². The number of nitrogens with two attached hydrogens (primary N) is 1. The number of halogens is 1. The molecular weight excluding hydrogens is 286 g/mol. The Hall–Kier alpha value is -1.26. The first-order chi connectivity index (χ1) is 9.56. The topological polar surface area (TPSA) is 58.4 Å². The molecule has 0 bridgehead atoms. The van der Waals surface area contributed by atoms with E-state index in [4.69, 9.17) is 5.73 Å². The number of rotatable bonds is 8. The monoisotopic (exact) mass is 313 g/mol. The van der Waals surface area contributed by atoms with Crippen LogP contribution >= 0.6 is 12.4 Å². The normalized spacial score (nSPS) is 13.0. The lowest BCUT2D eigenvalue weighted by Crippen LogP contribution is -2.45. The molecule has 5 heteroatoms. The lowest BCUT2D eigenvalue weighted by molar-refractivity contribution is -0.123. The van der Waals surface area contributed by atoms with Crippen LogP contribution in [0.5, 0.6) is 0 Å². The van der Waals surface area contributed by atoms with Crippen LogP contribution in [0.15, 0.2) is 30.3 Å². The third kappa shape index (κ3) is 6.82. The molecule has 0 aromatic heterocycles. The van der Waals surface area contributed by atoms with Crippen LogP contribution in [-0.2, 0) is 4.79 Å². The van der Waals surface area contributed by atoms with Crippen molar-refractivity contribution in [3.63, 3.8) is 0 Å². The van der Waals surface area contributed by atoms with Crippen molar-refractivity contribution in [2.75, 3.05) is 25.0 Å². The van der Waals surface area contributed by atoms with Crippen molar-refractivity contribution >= 4 is 24.0 Å². The molecule has 0 saturated heterocycles. The molecule has 0 aliphatic heterocycles. The third-order valence-corrected chi connectivity index (χ3v) is 3.73. The Morgan fingerprint density at radius 2 is 1.95 bits per heavy atom. The van der Waals surface area contributed by atoms with Gasteiger partial charge in [0.2, 0.25) is 5.91 Å². The second kappa shape index (κ2) is 10.5. The van der Waals surface area contributed by atoms with E-state index in [9.17, 15) is 4.79 Å². The van der Waals surface area contributed by atoms with Gasteiger partial charge < -0.3 is 16.0 Å². The van der Waals surface area contributed by atoms with E-state index < -0.39 is 6.04 Å². The van der Waals surface area contributed by atoms with Crippen molar-refractivity contribution in [2.24, 2.45) is 11.7 Å². The molecule has 0 aliphatic carbocycles. The largest absolute Gasteiger partial charge is 0.375 e. The molecular formula is C16H28ClN3O. The highest BCUT2D eigenvalue weighted by Gasteiger charge is 2.18. The van der Waals surface area contributed by atoms with Gasteiger partial charge in [-0.15, -0.1) is 12.4 Å². The van der Waals surface area contributed by atoms with Crippen LogP contribution < -0.4 is 16.0 Å². The summed E-state index contributed by atoms with van der Waals surface area (Å²) in [6, 6.07) is 9.83. The van der Waals surface area contributed by atoms with E-state index in [1.807, 2.05) is 32.0 Å². The molecule has 1 aromatic rings. The number of nitrogens with one attached hydrogen (secondary N) is 1. The van der Waals surface area contributed by atoms with Crippen LogP contribution in [0.2, 0.25) is 0 Å². The summed E-state index contributed by atoms with van der Waals surface area (Å²) in [5.41, 5.74) is 7.07. The summed E-state index contributed by atoms with van der Waals surface area (Å²) >= 11 is 0. The van der Waals surface area contributed by atoms with Crippen LogP contribution in [0.25, 0.3) is 0 Å². The van der Waals surface area contributed by atoms with Gasteiger partial charge in [0.05, 0.1) is 6.04 Å². The average Bonchev–Trinajstić information content (AvgIpc) is 2.50. The van der Waals surface area contributed by atoms with E-state index >= 15 is 0 Å². The zero-order valence-corrected chi connectivity index (χ0v) is 14.0. The Kier molecular flexibility index (Phi) is 9.84. The lowest BCUT2D eigenvalue weighted by atomic mass is 9.99. The second-order valence-electron chi connectivity index (χ2n) is 5.31. The van der Waals surface area contributed by atoms with E-state index in [0.29, 0.717) is 6.54 Å². The molecule has 120 valence electrons. The van der Waals surface area contributed by atoms with Gasteiger partial charge in [-0.1, -0.05) is 38.5 Å². The Labute approximate surface area is 134 Å². The molecule has 2 unspecified atom stereocenters. The molecule has 0 heterocycles. The highest BCUT2D eigenvalue weighted by Crippen LogP contribution is 2.10. The minimum absolute atomic E-state index is 0. The number of hydrogen-bond donors (Lipinski definition) is 2. The molecule has 0 aliphatic rings. The highest BCUT2D eigenvalue weighted by molar-refractivity contribution is 5.85. The Bertz CT molecular complexity index is 400. The van der Waals surface area contributed by atoms with Crippen LogP contribution in [0.3, 0.4) is 0 Å². The number of nitrogens with zero attached hydrogens (tertiary/aromatic N) is 1. The lowest BCUT2D eigenvalue weighted by Gasteiger charge is -2.20. The first-order valence-corrected chi connectivity index (χ1v) is 7.35. The van der Waals surface area contributed by atoms with Gasteiger partial charge in [0.25, 0.3) is 0 Å². The average molecular weight is 314 g/mol. The smallest absolute Gasteiger partial charge is 0.237 e. The van der Waals surface area contributed by atoms with Gasteiger partial charge in [-0.25, -0.2) is 0 Å². The van der Waals surface area contributed by atoms with Crippen molar-refractivity contribution in [2.45, 2.75) is 32.7 Å². The summed E-state index contributed by atoms with van der Waals surface area (Å²) in [7, 11) is 2.06. The molecule has 1 rings (SSSR count). The molecule has 1 amide bonds. The maximum Gasteiger partial charge on any atom is 0.237 e. The van der Waals surface area contributed by atoms with E-state index in [2.05, 4.69) is 29.4 Å². The van der Waals surface area contributed by atoms with Crippen LogP contribution in [0, 0.1) is 5.92 Å². The summed E-state index contributed by atoms with van der Waals surface area (Å²) in [6.07, 6.45) is 1.83. The third-order valence-electron chi connectivity index (χ3n) is 3.73. The zero-order valence-electron chi connectivity index (χ0n) is 13.2. The fourth-order valence-corrected chi connectivity index (χ4v) is 1.97. The predicted molar refractivity (Wildman–Crippen MR) is 92.0 cm³/mol. The Balaban J connectivity index is 0.00000400. The Morgan fingerprint density at radius 3 is 2.52 bits per heavy atom. The van der Waals surface area contributed by atoms with Gasteiger partial charge in [-0.05, 0) is 24.5 Å². The molecule has 0 saturated carbocycles. The molecule has 1 aromatic carbocycles. The molecule has 4 nitrogen and oxygen atoms in total. The van der Waals surface area contributed by atoms with E-state index in [1.54, 1.807) is 0 Å². The predicted octanol–water partition coefficient (Wildman–Crippen LogP) is 2.42. The first-order valence-electron chi connectivity index (χ1n) is 7.35. The summed E-state index contributed by atoms with van der Waals surface area (Å²) in [4.78, 5) is 14.0. The maximum atomic E-state index is 11.8. The minimum atomic E-state index is -0.396. The van der Waals surface area contributed by atoms with E-state index in [-0.39, 0.29) is 24.2 Å². The van der Waals surface area contributed by atoms with Gasteiger partial charge in [0.15, 0.2) is 0 Å². The second-order valence-corrected chi connectivity index (χ2v) is 5.31. The summed E-state index contributed by atoms with van der Waals surface area (Å²) in [6.45, 7) is 5.63. The van der Waals surface area contributed by atoms with Gasteiger partial charge in [-0.2, -0.15) is 0 Å². The fourth-order valence-electron chi connectivity index (χ4n) is 1.97. The fraction of sp³-hybridized carbons (Fsp3) is 0.562. The number of anilines is 1. The quantitative estimate of drug-likeness (QED) is 0.725. The number of carbonyl (C=O) groups is 1. The molecule has 0 fully saturated rings. The van der Waals surface area contributed by atoms with Gasteiger partial charge in [-0.3, -0.25) is 4.79 Å². The standard InChI is InChI=1S/C16H27N3O.ClH/c1-4-13(2)15(17)16(20)18-11-8-12-19(3)14-9-6-5-7-10-14;/h5-7,9-10,13,15H,4,8,11-12,17H2,1-3H3,(H,18,20);1H. The van der Waals surface area contributed by atoms with E-state index in [0.717, 1.165) is 19.4 Å². The zero-order chi connectivity index (χ0) is 15.0. The number of benzene rings is 1. The van der Waals surface area contributed by atoms with Crippen LogP contribution in [0.4, 0.5) is 5.69 Å². The summed E-state index contributed by atoms with van der Waals surface area (Å²) in [5, 5.41) is 2.91. The summed E-state index contributed by atoms with van der Waals surface area (Å²) < 4.78 is 0. The summed E-state index contributed by atoms with van der Waals surface area (Å²) in [5.74, 6) is 0.184. The van der Waals surface area contributed by atoms with Gasteiger partial charge in [0, 0.05) is 25.8 Å². The number of hydrogen-bond acceptors (Lipinski definition) is 3. The molecule has 21 heavy (non-hydrogen) atoms. The Morgan fingerprint density at radius 1 is 1.33 bits per heavy atom. The number of para-hydroxylation sites is 1. The van der Waals surface area contributed by atoms with Crippen molar-refractivity contribution in [1.82, 2.24) is 5.32 Å². The van der Waals surface area contributed by atoms with E-state index in [1.165, 1.54) is 5.69 Å². The number of amides is 1. The van der Waals surface area contributed by atoms with Crippen molar-refractivity contribution in [3.05, 3.63) is 30.3 Å². The first kappa shape index (κ1) is 19.7. The van der Waals surface area contributed by atoms with Gasteiger partial charge >= 0.3 is 0 Å². The van der Waals surface area contributed by atoms with Crippen molar-refractivity contribution in [1.29, 1.82) is 0 Å². The molecule has 3 N–H and O–H groups in total.